The van der Waals surface area contributed by atoms with Crippen molar-refractivity contribution in [3.63, 3.8) is 0 Å². The zero-order valence-corrected chi connectivity index (χ0v) is 16.5. The molecule has 140 valence electrons. The van der Waals surface area contributed by atoms with Crippen LogP contribution in [0, 0.1) is 0 Å². The molecule has 8 heteroatoms. The van der Waals surface area contributed by atoms with Crippen molar-refractivity contribution < 1.29 is 13.2 Å². The van der Waals surface area contributed by atoms with Gasteiger partial charge in [-0.2, -0.15) is 0 Å². The van der Waals surface area contributed by atoms with Gasteiger partial charge in [-0.25, -0.2) is 8.42 Å². The van der Waals surface area contributed by atoms with Crippen LogP contribution in [0.2, 0.25) is 5.02 Å². The Bertz CT molecular complexity index is 902. The van der Waals surface area contributed by atoms with Crippen LogP contribution in [0.15, 0.2) is 53.4 Å². The zero-order valence-electron chi connectivity index (χ0n) is 14.9. The predicted octanol–water partition coefficient (Wildman–Crippen LogP) is 2.58. The first-order valence-corrected chi connectivity index (χ1v) is 9.82. The van der Waals surface area contributed by atoms with Gasteiger partial charge in [0.25, 0.3) is 15.9 Å². The van der Waals surface area contributed by atoms with Crippen LogP contribution in [0.1, 0.15) is 17.3 Å². The van der Waals surface area contributed by atoms with Crippen molar-refractivity contribution in [1.82, 2.24) is 4.90 Å². The van der Waals surface area contributed by atoms with Crippen LogP contribution in [-0.2, 0) is 10.0 Å². The Morgan fingerprint density at radius 3 is 2.42 bits per heavy atom. The molecule has 6 nitrogen and oxygen atoms in total. The van der Waals surface area contributed by atoms with Crippen molar-refractivity contribution >= 4 is 33.2 Å². The van der Waals surface area contributed by atoms with E-state index in [-0.39, 0.29) is 22.4 Å². The summed E-state index contributed by atoms with van der Waals surface area (Å²) in [6.07, 6.45) is 0. The Labute approximate surface area is 159 Å². The standard InChI is InChI=1S/C18H22ClN3O3S/c1-13(12-20)21(2)18(23)14-6-4-9-17(10-14)26(24,25)22(3)16-8-5-7-15(19)11-16/h4-11,13H,12,20H2,1-3H3. The van der Waals surface area contributed by atoms with Gasteiger partial charge in [-0.15, -0.1) is 0 Å². The smallest absolute Gasteiger partial charge is 0.264 e. The summed E-state index contributed by atoms with van der Waals surface area (Å²) in [5.74, 6) is -0.287. The maximum Gasteiger partial charge on any atom is 0.264 e. The molecule has 0 heterocycles. The van der Waals surface area contributed by atoms with Crippen molar-refractivity contribution in [2.45, 2.75) is 17.9 Å². The molecule has 0 aromatic heterocycles. The Hall–Kier alpha value is -2.09. The van der Waals surface area contributed by atoms with E-state index in [1.165, 1.54) is 24.1 Å². The largest absolute Gasteiger partial charge is 0.338 e. The summed E-state index contributed by atoms with van der Waals surface area (Å²) in [7, 11) is -0.756. The molecule has 0 aliphatic rings. The van der Waals surface area contributed by atoms with E-state index in [0.29, 0.717) is 17.3 Å². The van der Waals surface area contributed by atoms with Gasteiger partial charge in [-0.1, -0.05) is 23.7 Å². The Balaban J connectivity index is 2.38. The van der Waals surface area contributed by atoms with Gasteiger partial charge in [-0.05, 0) is 43.3 Å². The minimum atomic E-state index is -3.84. The van der Waals surface area contributed by atoms with Gasteiger partial charge in [0.15, 0.2) is 0 Å². The van der Waals surface area contributed by atoms with Crippen LogP contribution in [0.5, 0.6) is 0 Å². The summed E-state index contributed by atoms with van der Waals surface area (Å²) in [6.45, 7) is 2.14. The first-order valence-electron chi connectivity index (χ1n) is 8.00. The number of hydrogen-bond donors (Lipinski definition) is 1. The molecular weight excluding hydrogens is 374 g/mol. The molecule has 0 saturated heterocycles. The summed E-state index contributed by atoms with van der Waals surface area (Å²) < 4.78 is 27.0. The van der Waals surface area contributed by atoms with E-state index in [4.69, 9.17) is 17.3 Å². The van der Waals surface area contributed by atoms with Crippen LogP contribution in [0.3, 0.4) is 0 Å². The first kappa shape index (κ1) is 20.2. The molecule has 0 aliphatic carbocycles. The van der Waals surface area contributed by atoms with Crippen LogP contribution in [-0.4, -0.2) is 45.9 Å². The van der Waals surface area contributed by atoms with E-state index in [9.17, 15) is 13.2 Å². The van der Waals surface area contributed by atoms with E-state index in [2.05, 4.69) is 0 Å². The maximum absolute atomic E-state index is 12.9. The number of rotatable bonds is 6. The quantitative estimate of drug-likeness (QED) is 0.814. The van der Waals surface area contributed by atoms with Crippen LogP contribution < -0.4 is 10.0 Å². The molecule has 1 atom stereocenters. The fourth-order valence-corrected chi connectivity index (χ4v) is 3.74. The molecule has 26 heavy (non-hydrogen) atoms. The number of halogens is 1. The lowest BCUT2D eigenvalue weighted by atomic mass is 10.2. The minimum absolute atomic E-state index is 0.0274. The third-order valence-electron chi connectivity index (χ3n) is 4.23. The van der Waals surface area contributed by atoms with Gasteiger partial charge in [0.05, 0.1) is 10.6 Å². The lowest BCUT2D eigenvalue weighted by Crippen LogP contribution is -2.39. The van der Waals surface area contributed by atoms with Crippen molar-refractivity contribution in [1.29, 1.82) is 0 Å². The molecule has 0 bridgehead atoms. The van der Waals surface area contributed by atoms with Crippen molar-refractivity contribution in [3.8, 4) is 0 Å². The van der Waals surface area contributed by atoms with Gasteiger partial charge in [0.2, 0.25) is 0 Å². The van der Waals surface area contributed by atoms with E-state index in [1.807, 2.05) is 6.92 Å². The molecule has 2 aromatic carbocycles. The van der Waals surface area contributed by atoms with Crippen LogP contribution in [0.4, 0.5) is 5.69 Å². The molecule has 0 saturated carbocycles. The summed E-state index contributed by atoms with van der Waals surface area (Å²) in [6, 6.07) is 12.4. The van der Waals surface area contributed by atoms with Crippen LogP contribution in [0.25, 0.3) is 0 Å². The lowest BCUT2D eigenvalue weighted by molar-refractivity contribution is 0.0748. The number of amides is 1. The van der Waals surface area contributed by atoms with E-state index in [1.54, 1.807) is 43.4 Å². The van der Waals surface area contributed by atoms with Crippen LogP contribution >= 0.6 is 11.6 Å². The van der Waals surface area contributed by atoms with E-state index >= 15 is 0 Å². The van der Waals surface area contributed by atoms with Crippen molar-refractivity contribution in [2.24, 2.45) is 5.73 Å². The lowest BCUT2D eigenvalue weighted by Gasteiger charge is -2.24. The molecule has 2 N–H and O–H groups in total. The Kier molecular flexibility index (Phi) is 6.28. The number of nitrogens with zero attached hydrogens (tertiary/aromatic N) is 2. The van der Waals surface area contributed by atoms with Crippen molar-refractivity contribution in [3.05, 3.63) is 59.1 Å². The highest BCUT2D eigenvalue weighted by Crippen LogP contribution is 2.25. The Morgan fingerprint density at radius 2 is 1.81 bits per heavy atom. The summed E-state index contributed by atoms with van der Waals surface area (Å²) in [5, 5.41) is 0.436. The van der Waals surface area contributed by atoms with E-state index < -0.39 is 10.0 Å². The van der Waals surface area contributed by atoms with Gasteiger partial charge in [0.1, 0.15) is 0 Å². The minimum Gasteiger partial charge on any atom is -0.338 e. The predicted molar refractivity (Wildman–Crippen MR) is 104 cm³/mol. The topological polar surface area (TPSA) is 83.7 Å². The van der Waals surface area contributed by atoms with Gasteiger partial charge < -0.3 is 10.6 Å². The van der Waals surface area contributed by atoms with Gasteiger partial charge in [-0.3, -0.25) is 9.10 Å². The third kappa shape index (κ3) is 4.17. The number of carbonyl (C=O) groups excluding carboxylic acids is 1. The first-order chi connectivity index (χ1) is 12.2. The molecule has 0 aliphatic heterocycles. The highest BCUT2D eigenvalue weighted by Gasteiger charge is 2.24. The molecule has 2 rings (SSSR count). The average molecular weight is 396 g/mol. The SMILES string of the molecule is CC(CN)N(C)C(=O)c1cccc(S(=O)(=O)N(C)c2cccc(Cl)c2)c1. The summed E-state index contributed by atoms with van der Waals surface area (Å²) >= 11 is 5.95. The Morgan fingerprint density at radius 1 is 1.15 bits per heavy atom. The number of hydrogen-bond acceptors (Lipinski definition) is 4. The van der Waals surface area contributed by atoms with Crippen molar-refractivity contribution in [2.75, 3.05) is 24.9 Å². The van der Waals surface area contributed by atoms with Gasteiger partial charge >= 0.3 is 0 Å². The number of benzene rings is 2. The molecule has 0 spiro atoms. The number of nitrogens with two attached hydrogens (primary N) is 1. The second-order valence-corrected chi connectivity index (χ2v) is 8.39. The highest BCUT2D eigenvalue weighted by molar-refractivity contribution is 7.92. The normalized spacial score (nSPS) is 12.5. The molecule has 0 radical (unpaired) electrons. The van der Waals surface area contributed by atoms with E-state index in [0.717, 1.165) is 4.31 Å². The molecule has 2 aromatic rings. The molecule has 1 unspecified atom stereocenters. The second-order valence-electron chi connectivity index (χ2n) is 5.98. The monoisotopic (exact) mass is 395 g/mol. The zero-order chi connectivity index (χ0) is 19.5. The molecule has 1 amide bonds. The average Bonchev–Trinajstić information content (AvgIpc) is 2.65. The fourth-order valence-electron chi connectivity index (χ4n) is 2.32. The highest BCUT2D eigenvalue weighted by atomic mass is 35.5. The van der Waals surface area contributed by atoms with Gasteiger partial charge in [0, 0.05) is 37.3 Å². The maximum atomic E-state index is 12.9. The number of sulfonamides is 1. The fraction of sp³-hybridized carbons (Fsp3) is 0.278. The number of anilines is 1. The molecular formula is C18H22ClN3O3S. The summed E-state index contributed by atoms with van der Waals surface area (Å²) in [5.41, 5.74) is 6.32. The number of carbonyl (C=O) groups is 1. The second kappa shape index (κ2) is 8.07. The molecule has 0 fully saturated rings. The summed E-state index contributed by atoms with van der Waals surface area (Å²) in [4.78, 5) is 14.1. The third-order valence-corrected chi connectivity index (χ3v) is 6.25. The number of likely N-dealkylation sites (N-methyl/N-ethyl adjacent to an activating group) is 1.